The van der Waals surface area contributed by atoms with E-state index >= 15 is 0 Å². The van der Waals surface area contributed by atoms with Crippen LogP contribution >= 0.6 is 7.82 Å². The van der Waals surface area contributed by atoms with Gasteiger partial charge < -0.3 is 34.4 Å². The van der Waals surface area contributed by atoms with Gasteiger partial charge in [-0.3, -0.25) is 23.5 Å². The maximum absolute atomic E-state index is 13.3. The summed E-state index contributed by atoms with van der Waals surface area (Å²) in [4.78, 5) is 61.2. The first-order valence-corrected chi connectivity index (χ1v) is 23.7. The van der Waals surface area contributed by atoms with E-state index in [-0.39, 0.29) is 78.4 Å². The van der Waals surface area contributed by atoms with Gasteiger partial charge in [0.05, 0.1) is 6.10 Å². The fourth-order valence-electron chi connectivity index (χ4n) is 7.13. The van der Waals surface area contributed by atoms with E-state index in [4.69, 9.17) is 18.7 Å². The van der Waals surface area contributed by atoms with Crippen LogP contribution in [-0.2, 0) is 37.7 Å². The van der Waals surface area contributed by atoms with Crippen molar-refractivity contribution in [2.24, 2.45) is 0 Å². The van der Waals surface area contributed by atoms with Crippen LogP contribution < -0.4 is 74.4 Å². The van der Waals surface area contributed by atoms with Crippen molar-refractivity contribution in [2.45, 2.75) is 244 Å². The minimum Gasteiger partial charge on any atom is -0.853 e. The fourth-order valence-corrected chi connectivity index (χ4v) is 7.57. The average Bonchev–Trinajstić information content (AvgIpc) is 3.14. The Labute approximate surface area is 390 Å². The molecule has 0 bridgehead atoms. The first kappa shape index (κ1) is 59.5. The summed E-state index contributed by atoms with van der Waals surface area (Å²) < 4.78 is 34.0. The molecule has 1 saturated heterocycles. The molecule has 1 amide bonds. The SMILES string of the molecule is CCCCCCCCCCCC(=O)N[C@H]1[C@@H](OP(=O)([O-])O)O[C@H](C[O-])[C@@H](OC(=O)CCCCCCCCCCC)[C@@H]1OC(=O)CCCCCCCCCCC.[Na+].[Na+]. The number of rotatable bonds is 36. The Bertz CT molecular complexity index is 1040. The molecule has 1 rings (SSSR count). The summed E-state index contributed by atoms with van der Waals surface area (Å²) in [6.45, 7) is 5.56. The van der Waals surface area contributed by atoms with Gasteiger partial charge in [0.1, 0.15) is 6.04 Å². The van der Waals surface area contributed by atoms with Crippen molar-refractivity contribution in [1.29, 1.82) is 0 Å². The molecule has 57 heavy (non-hydrogen) atoms. The van der Waals surface area contributed by atoms with Crippen molar-refractivity contribution in [1.82, 2.24) is 5.32 Å². The maximum Gasteiger partial charge on any atom is 1.00 e. The maximum atomic E-state index is 13.3. The van der Waals surface area contributed by atoms with Crippen molar-refractivity contribution in [3.8, 4) is 0 Å². The number of phosphoric acid groups is 1. The molecule has 0 radical (unpaired) electrons. The molecule has 12 nitrogen and oxygen atoms in total. The van der Waals surface area contributed by atoms with Crippen LogP contribution in [0.4, 0.5) is 0 Å². The fraction of sp³-hybridized carbons (Fsp3) is 0.929. The zero-order valence-corrected chi connectivity index (χ0v) is 41.7. The second kappa shape index (κ2) is 39.3. The second-order valence-corrected chi connectivity index (χ2v) is 16.7. The number of esters is 2. The average molecular weight is 850 g/mol. The van der Waals surface area contributed by atoms with Crippen LogP contribution in [0.25, 0.3) is 0 Å². The normalized spacial score (nSPS) is 20.1. The molecule has 6 atom stereocenters. The van der Waals surface area contributed by atoms with Crippen LogP contribution in [0.5, 0.6) is 0 Å². The predicted molar refractivity (Wildman–Crippen MR) is 212 cm³/mol. The molecule has 0 spiro atoms. The predicted octanol–water partition coefficient (Wildman–Crippen LogP) is 2.63. The van der Waals surface area contributed by atoms with Crippen molar-refractivity contribution in [3.05, 3.63) is 0 Å². The summed E-state index contributed by atoms with van der Waals surface area (Å²) in [5.41, 5.74) is 0. The zero-order chi connectivity index (χ0) is 40.6. The Kier molecular flexibility index (Phi) is 41.0. The van der Waals surface area contributed by atoms with Gasteiger partial charge in [0.2, 0.25) is 5.91 Å². The van der Waals surface area contributed by atoms with E-state index in [1.807, 2.05) is 0 Å². The molecule has 1 unspecified atom stereocenters. The van der Waals surface area contributed by atoms with E-state index in [0.717, 1.165) is 77.0 Å². The van der Waals surface area contributed by atoms with Crippen LogP contribution in [0.15, 0.2) is 0 Å². The Morgan fingerprint density at radius 2 is 0.912 bits per heavy atom. The van der Waals surface area contributed by atoms with Crippen molar-refractivity contribution in [2.75, 3.05) is 6.61 Å². The van der Waals surface area contributed by atoms with Crippen LogP contribution in [0.1, 0.15) is 213 Å². The molecule has 324 valence electrons. The van der Waals surface area contributed by atoms with E-state index in [0.29, 0.717) is 19.3 Å². The van der Waals surface area contributed by atoms with Crippen LogP contribution in [0.3, 0.4) is 0 Å². The summed E-state index contributed by atoms with van der Waals surface area (Å²) in [5.74, 6) is -1.75. The molecule has 0 aromatic heterocycles. The van der Waals surface area contributed by atoms with Gasteiger partial charge in [0, 0.05) is 19.3 Å². The minimum absolute atomic E-state index is 0. The van der Waals surface area contributed by atoms with Gasteiger partial charge in [-0.15, -0.1) is 6.61 Å². The van der Waals surface area contributed by atoms with E-state index in [1.165, 1.54) is 77.0 Å². The first-order chi connectivity index (χ1) is 26.6. The van der Waals surface area contributed by atoms with Gasteiger partial charge in [0.15, 0.2) is 18.5 Å². The number of hydrogen-bond donors (Lipinski definition) is 2. The van der Waals surface area contributed by atoms with Crippen LogP contribution in [-0.4, -0.2) is 60.0 Å². The molecular formula is C42H78NNa2O11P. The van der Waals surface area contributed by atoms with Crippen molar-refractivity contribution < 1.29 is 112 Å². The number of ether oxygens (including phenoxy) is 3. The third kappa shape index (κ3) is 31.9. The van der Waals surface area contributed by atoms with Crippen molar-refractivity contribution in [3.63, 3.8) is 0 Å². The summed E-state index contributed by atoms with van der Waals surface area (Å²) in [6, 6.07) is -1.49. The largest absolute Gasteiger partial charge is 1.00 e. The molecule has 2 N–H and O–H groups in total. The molecule has 15 heteroatoms. The van der Waals surface area contributed by atoms with Gasteiger partial charge in [0.25, 0.3) is 7.82 Å². The molecule has 0 aliphatic carbocycles. The topological polar surface area (TPSA) is 184 Å². The molecule has 1 aliphatic heterocycles. The molecule has 0 aromatic rings. The number of carbonyl (C=O) groups excluding carboxylic acids is 3. The molecule has 0 aromatic carbocycles. The Balaban J connectivity index is 0. The van der Waals surface area contributed by atoms with Gasteiger partial charge in [-0.2, -0.15) is 0 Å². The number of hydrogen-bond acceptors (Lipinski definition) is 10. The number of phosphoric ester groups is 1. The van der Waals surface area contributed by atoms with E-state index in [1.54, 1.807) is 0 Å². The summed E-state index contributed by atoms with van der Waals surface area (Å²) in [7, 11) is -5.45. The number of unbranched alkanes of at least 4 members (excludes halogenated alkanes) is 24. The summed E-state index contributed by atoms with van der Waals surface area (Å²) in [6.07, 6.45) is 22.2. The Hall–Kier alpha value is 0.440. The molecule has 1 heterocycles. The smallest absolute Gasteiger partial charge is 0.853 e. The van der Waals surface area contributed by atoms with Gasteiger partial charge in [-0.1, -0.05) is 175 Å². The minimum atomic E-state index is -5.45. The van der Waals surface area contributed by atoms with Gasteiger partial charge in [-0.25, -0.2) is 0 Å². The number of amides is 1. The van der Waals surface area contributed by atoms with Crippen LogP contribution in [0, 0.1) is 0 Å². The molecule has 0 saturated carbocycles. The third-order valence-electron chi connectivity index (χ3n) is 10.4. The Morgan fingerprint density at radius 1 is 0.579 bits per heavy atom. The molecule has 1 aliphatic rings. The standard InChI is InChI=1S/C42H79NO11P.2Na/c1-4-7-10-13-16-19-22-25-28-31-36(45)43-39-41(53-38(47)33-30-27-24-21-18-15-12-9-6-3)40(35(34-44)51-42(39)54-55(48,49)50)52-37(46)32-29-26-23-20-17-14-11-8-5-2;;/h35,39-42H,4-34H2,1-3H3,(H,43,45)(H2,48,49,50);;/q-1;2*+1/p-1/t35-,39-,40-,41-,42-;;/m1../s1. The third-order valence-corrected chi connectivity index (χ3v) is 10.9. The van der Waals surface area contributed by atoms with E-state index in [2.05, 4.69) is 26.1 Å². The zero-order valence-electron chi connectivity index (χ0n) is 36.8. The van der Waals surface area contributed by atoms with Gasteiger partial charge >= 0.3 is 71.1 Å². The van der Waals surface area contributed by atoms with Gasteiger partial charge in [-0.05, 0) is 19.3 Å². The van der Waals surface area contributed by atoms with E-state index in [9.17, 15) is 33.8 Å². The monoisotopic (exact) mass is 850 g/mol. The van der Waals surface area contributed by atoms with Crippen LogP contribution in [0.2, 0.25) is 0 Å². The molecular weight excluding hydrogens is 771 g/mol. The number of nitrogens with one attached hydrogen (secondary N) is 1. The molecule has 1 fully saturated rings. The summed E-state index contributed by atoms with van der Waals surface area (Å²) >= 11 is 0. The Morgan fingerprint density at radius 3 is 1.26 bits per heavy atom. The number of carbonyl (C=O) groups is 3. The summed E-state index contributed by atoms with van der Waals surface area (Å²) in [5, 5.41) is 15.1. The second-order valence-electron chi connectivity index (χ2n) is 15.5. The first-order valence-electron chi connectivity index (χ1n) is 22.2. The quantitative estimate of drug-likeness (QED) is 0.0409. The van der Waals surface area contributed by atoms with Crippen molar-refractivity contribution >= 4 is 25.7 Å². The van der Waals surface area contributed by atoms with E-state index < -0.39 is 62.9 Å².